The van der Waals surface area contributed by atoms with Crippen LogP contribution in [0.25, 0.3) is 0 Å². The van der Waals surface area contributed by atoms with Crippen LogP contribution < -0.4 is 4.90 Å². The van der Waals surface area contributed by atoms with Gasteiger partial charge >= 0.3 is 0 Å². The number of hydrogen-bond acceptors (Lipinski definition) is 4. The molecular weight excluding hydrogens is 270 g/mol. The molecule has 0 radical (unpaired) electrons. The predicted molar refractivity (Wildman–Crippen MR) is 82.2 cm³/mol. The standard InChI is InChI=1S/C15H21N3OS/c1-3-8-18(10-7-16)9-6-13-4-5-14-15(11-13)20(19)12-17(14)2/h4-5,11H,3,6,8-10,12H2,1-2H3. The lowest BCUT2D eigenvalue weighted by Crippen LogP contribution is -2.27. The summed E-state index contributed by atoms with van der Waals surface area (Å²) in [4.78, 5) is 5.15. The summed E-state index contributed by atoms with van der Waals surface area (Å²) in [5.74, 6) is 0.592. The number of nitrogens with zero attached hydrogens (tertiary/aromatic N) is 3. The third kappa shape index (κ3) is 3.45. The molecule has 5 heteroatoms. The molecule has 1 aromatic rings. The normalized spacial score (nSPS) is 17.4. The van der Waals surface area contributed by atoms with E-state index in [9.17, 15) is 4.55 Å². The molecule has 1 atom stereocenters. The number of benzene rings is 1. The zero-order valence-corrected chi connectivity index (χ0v) is 12.9. The maximum absolute atomic E-state index is 12.0. The first-order valence-electron chi connectivity index (χ1n) is 6.97. The molecule has 0 aromatic heterocycles. The van der Waals surface area contributed by atoms with E-state index >= 15 is 0 Å². The highest BCUT2D eigenvalue weighted by Crippen LogP contribution is 2.33. The van der Waals surface area contributed by atoms with Crippen LogP contribution in [-0.4, -0.2) is 42.0 Å². The summed E-state index contributed by atoms with van der Waals surface area (Å²) in [6.07, 6.45) is 1.95. The molecule has 0 saturated carbocycles. The lowest BCUT2D eigenvalue weighted by atomic mass is 10.1. The third-order valence-electron chi connectivity index (χ3n) is 3.54. The summed E-state index contributed by atoms with van der Waals surface area (Å²) in [5, 5.41) is 8.81. The smallest absolute Gasteiger partial charge is 0.183 e. The van der Waals surface area contributed by atoms with Crippen LogP contribution in [0.4, 0.5) is 5.69 Å². The van der Waals surface area contributed by atoms with Crippen molar-refractivity contribution in [1.82, 2.24) is 4.90 Å². The van der Waals surface area contributed by atoms with Gasteiger partial charge in [-0.15, -0.1) is 0 Å². The van der Waals surface area contributed by atoms with Gasteiger partial charge in [0.1, 0.15) is 0 Å². The highest BCUT2D eigenvalue weighted by molar-refractivity contribution is 7.92. The van der Waals surface area contributed by atoms with Gasteiger partial charge in [-0.25, -0.2) is 0 Å². The Balaban J connectivity index is 2.01. The van der Waals surface area contributed by atoms with Crippen molar-refractivity contribution in [3.8, 4) is 6.07 Å². The Morgan fingerprint density at radius 1 is 1.45 bits per heavy atom. The van der Waals surface area contributed by atoms with Crippen molar-refractivity contribution in [3.05, 3.63) is 23.8 Å². The van der Waals surface area contributed by atoms with Crippen LogP contribution >= 0.6 is 0 Å². The molecule has 0 fully saturated rings. The summed E-state index contributed by atoms with van der Waals surface area (Å²) >= 11 is -0.899. The lowest BCUT2D eigenvalue weighted by molar-refractivity contribution is 0.310. The first-order chi connectivity index (χ1) is 9.65. The Morgan fingerprint density at radius 2 is 2.25 bits per heavy atom. The third-order valence-corrected chi connectivity index (χ3v) is 4.98. The molecule has 1 aromatic carbocycles. The van der Waals surface area contributed by atoms with E-state index in [1.54, 1.807) is 0 Å². The molecule has 20 heavy (non-hydrogen) atoms. The van der Waals surface area contributed by atoms with Crippen LogP contribution in [-0.2, 0) is 17.6 Å². The summed E-state index contributed by atoms with van der Waals surface area (Å²) < 4.78 is 12.0. The van der Waals surface area contributed by atoms with Gasteiger partial charge in [0.25, 0.3) is 0 Å². The van der Waals surface area contributed by atoms with E-state index in [0.717, 1.165) is 36.5 Å². The number of hydrogen-bond donors (Lipinski definition) is 0. The summed E-state index contributed by atoms with van der Waals surface area (Å²) in [7, 11) is 1.97. The van der Waals surface area contributed by atoms with Crippen molar-refractivity contribution in [1.29, 1.82) is 5.26 Å². The molecule has 0 saturated heterocycles. The Morgan fingerprint density at radius 3 is 2.95 bits per heavy atom. The molecule has 1 aliphatic rings. The van der Waals surface area contributed by atoms with Crippen LogP contribution in [0.15, 0.2) is 23.1 Å². The maximum atomic E-state index is 12.0. The van der Waals surface area contributed by atoms with Crippen molar-refractivity contribution in [3.63, 3.8) is 0 Å². The Bertz CT molecular complexity index is 500. The zero-order valence-electron chi connectivity index (χ0n) is 12.1. The van der Waals surface area contributed by atoms with Gasteiger partial charge in [0.2, 0.25) is 0 Å². The fraction of sp³-hybridized carbons (Fsp3) is 0.533. The molecule has 108 valence electrons. The Labute approximate surface area is 124 Å². The minimum Gasteiger partial charge on any atom is -0.610 e. The Hall–Kier alpha value is -1.22. The molecule has 1 heterocycles. The number of rotatable bonds is 6. The van der Waals surface area contributed by atoms with Crippen LogP contribution in [0.1, 0.15) is 18.9 Å². The SMILES string of the molecule is CCCN(CC#N)CCc1ccc2c(c1)[S+]([O-])CN2C. The molecular formula is C15H21N3OS. The van der Waals surface area contributed by atoms with Gasteiger partial charge in [-0.1, -0.05) is 13.0 Å². The van der Waals surface area contributed by atoms with E-state index in [0.29, 0.717) is 12.4 Å². The van der Waals surface area contributed by atoms with Crippen molar-refractivity contribution in [2.24, 2.45) is 0 Å². The van der Waals surface area contributed by atoms with Crippen LogP contribution in [0.3, 0.4) is 0 Å². The van der Waals surface area contributed by atoms with Crippen molar-refractivity contribution >= 4 is 16.9 Å². The largest absolute Gasteiger partial charge is 0.610 e. The fourth-order valence-electron chi connectivity index (χ4n) is 2.50. The second-order valence-corrected chi connectivity index (χ2v) is 6.55. The molecule has 0 spiro atoms. The van der Waals surface area contributed by atoms with Crippen molar-refractivity contribution in [2.45, 2.75) is 24.7 Å². The Kier molecular flexibility index (Phi) is 5.30. The summed E-state index contributed by atoms with van der Waals surface area (Å²) in [6.45, 7) is 4.43. The van der Waals surface area contributed by atoms with Crippen molar-refractivity contribution < 1.29 is 4.55 Å². The van der Waals surface area contributed by atoms with Gasteiger partial charge in [0.15, 0.2) is 10.8 Å². The van der Waals surface area contributed by atoms with E-state index in [-0.39, 0.29) is 0 Å². The molecule has 1 aliphatic heterocycles. The van der Waals surface area contributed by atoms with E-state index in [1.165, 1.54) is 5.56 Å². The van der Waals surface area contributed by atoms with Gasteiger partial charge in [-0.2, -0.15) is 5.26 Å². The minimum absolute atomic E-state index is 0.480. The molecule has 0 aliphatic carbocycles. The van der Waals surface area contributed by atoms with E-state index in [2.05, 4.69) is 36.1 Å². The molecule has 0 bridgehead atoms. The second-order valence-electron chi connectivity index (χ2n) is 5.16. The van der Waals surface area contributed by atoms with Crippen LogP contribution in [0.2, 0.25) is 0 Å². The second kappa shape index (κ2) is 6.98. The average molecular weight is 291 g/mol. The molecule has 0 amide bonds. The number of anilines is 1. The van der Waals surface area contributed by atoms with Gasteiger partial charge in [0, 0.05) is 24.8 Å². The average Bonchev–Trinajstić information content (AvgIpc) is 2.72. The maximum Gasteiger partial charge on any atom is 0.183 e. The van der Waals surface area contributed by atoms with E-state index in [1.807, 2.05) is 11.9 Å². The minimum atomic E-state index is -0.899. The summed E-state index contributed by atoms with van der Waals surface area (Å²) in [6, 6.07) is 8.44. The lowest BCUT2D eigenvalue weighted by Gasteiger charge is -2.18. The van der Waals surface area contributed by atoms with Gasteiger partial charge in [0.05, 0.1) is 18.3 Å². The molecule has 1 unspecified atom stereocenters. The van der Waals surface area contributed by atoms with E-state index < -0.39 is 11.2 Å². The highest BCUT2D eigenvalue weighted by atomic mass is 32.2. The quantitative estimate of drug-likeness (QED) is 0.594. The first kappa shape index (κ1) is 15.2. The number of nitriles is 1. The monoisotopic (exact) mass is 291 g/mol. The van der Waals surface area contributed by atoms with E-state index in [4.69, 9.17) is 5.26 Å². The highest BCUT2D eigenvalue weighted by Gasteiger charge is 2.28. The first-order valence-corrected chi connectivity index (χ1v) is 8.29. The predicted octanol–water partition coefficient (Wildman–Crippen LogP) is 1.98. The van der Waals surface area contributed by atoms with Crippen LogP contribution in [0, 0.1) is 11.3 Å². The van der Waals surface area contributed by atoms with Gasteiger partial charge in [-0.3, -0.25) is 4.90 Å². The number of fused-ring (bicyclic) bond motifs is 1. The topological polar surface area (TPSA) is 53.3 Å². The van der Waals surface area contributed by atoms with Crippen LogP contribution in [0.5, 0.6) is 0 Å². The fourth-order valence-corrected chi connectivity index (χ4v) is 3.87. The molecule has 2 rings (SSSR count). The molecule has 0 N–H and O–H groups in total. The van der Waals surface area contributed by atoms with Crippen molar-refractivity contribution in [2.75, 3.05) is 37.5 Å². The van der Waals surface area contributed by atoms with Gasteiger partial charge in [-0.05, 0) is 37.1 Å². The molecule has 4 nitrogen and oxygen atoms in total. The summed E-state index contributed by atoms with van der Waals surface area (Å²) in [5.41, 5.74) is 2.28. The zero-order chi connectivity index (χ0) is 14.5. The van der Waals surface area contributed by atoms with Gasteiger partial charge < -0.3 is 9.45 Å².